The number of hydrogen-bond acceptors (Lipinski definition) is 12. The third-order valence-corrected chi connectivity index (χ3v) is 8.67. The first-order valence-corrected chi connectivity index (χ1v) is 13.1. The van der Waals surface area contributed by atoms with Gasteiger partial charge in [0.2, 0.25) is 0 Å². The van der Waals surface area contributed by atoms with Crippen LogP contribution >= 0.6 is 23.1 Å². The molecule has 2 aliphatic heterocycles. The van der Waals surface area contributed by atoms with Crippen molar-refractivity contribution in [3.05, 3.63) is 34.4 Å². The number of carbonyl (C=O) groups excluding carboxylic acids is 3. The third kappa shape index (κ3) is 5.04. The minimum Gasteiger partial charge on any atom is -0.545 e. The van der Waals surface area contributed by atoms with Gasteiger partial charge >= 0.3 is 0 Å². The number of aliphatic hydroxyl groups excluding tert-OH is 2. The minimum absolute atomic E-state index is 0.0762. The average Bonchev–Trinajstić information content (AvgIpc) is 3.36. The van der Waals surface area contributed by atoms with Crippen molar-refractivity contribution in [2.75, 3.05) is 45.3 Å². The zero-order valence-corrected chi connectivity index (χ0v) is 21.3. The Balaban J connectivity index is 1.47. The number of quaternary nitrogens is 1. The van der Waals surface area contributed by atoms with Gasteiger partial charge in [-0.05, 0) is 17.2 Å². The number of amides is 1. The van der Waals surface area contributed by atoms with Crippen LogP contribution in [0, 0.1) is 5.92 Å². The van der Waals surface area contributed by atoms with Crippen molar-refractivity contribution >= 4 is 51.6 Å². The van der Waals surface area contributed by atoms with E-state index in [1.54, 1.807) is 12.2 Å². The summed E-state index contributed by atoms with van der Waals surface area (Å²) in [6.45, 7) is 1.25. The first kappa shape index (κ1) is 26.3. The highest BCUT2D eigenvalue weighted by atomic mass is 32.2. The second-order valence-electron chi connectivity index (χ2n) is 9.23. The summed E-state index contributed by atoms with van der Waals surface area (Å²) in [7, 11) is 3.17. The molecule has 0 radical (unpaired) electrons. The molecule has 1 amide bonds. The van der Waals surface area contributed by atoms with Gasteiger partial charge in [-0.2, -0.15) is 11.8 Å². The maximum absolute atomic E-state index is 13.0. The molecule has 1 saturated carbocycles. The van der Waals surface area contributed by atoms with Gasteiger partial charge in [0.05, 0.1) is 25.5 Å². The highest BCUT2D eigenvalue weighted by Gasteiger charge is 2.55. The molecule has 4 rings (SSSR count). The predicted octanol–water partition coefficient (Wildman–Crippen LogP) is -2.34. The Labute approximate surface area is 215 Å². The Morgan fingerprint density at radius 2 is 2.08 bits per heavy atom. The molecule has 0 bridgehead atoms. The molecule has 194 valence electrons. The number of nitrogens with two attached hydrogens (primary N) is 1. The Kier molecular flexibility index (Phi) is 7.52. The van der Waals surface area contributed by atoms with Gasteiger partial charge in [0.25, 0.3) is 5.91 Å². The van der Waals surface area contributed by atoms with Crippen molar-refractivity contribution in [1.29, 1.82) is 0 Å². The molecule has 6 atom stereocenters. The number of likely N-dealkylation sites (N-methyl/N-ethyl adjacent to an activating group) is 1. The van der Waals surface area contributed by atoms with E-state index in [0.717, 1.165) is 11.3 Å². The molecule has 2 fully saturated rings. The Bertz CT molecular complexity index is 1150. The van der Waals surface area contributed by atoms with Crippen LogP contribution in [-0.4, -0.2) is 106 Å². The second-order valence-corrected chi connectivity index (χ2v) is 11.3. The van der Waals surface area contributed by atoms with Gasteiger partial charge in [0.1, 0.15) is 44.1 Å². The van der Waals surface area contributed by atoms with E-state index in [0.29, 0.717) is 35.4 Å². The number of ketones is 1. The first-order chi connectivity index (χ1) is 17.0. The number of fused-ring (bicyclic) bond motifs is 1. The number of aromatic nitrogens is 1. The summed E-state index contributed by atoms with van der Waals surface area (Å²) in [4.78, 5) is 46.6. The number of carboxylic acid groups (broad SMARTS) is 1. The van der Waals surface area contributed by atoms with Crippen LogP contribution in [0.2, 0.25) is 0 Å². The van der Waals surface area contributed by atoms with Crippen LogP contribution in [0.1, 0.15) is 5.69 Å². The maximum atomic E-state index is 13.0. The van der Waals surface area contributed by atoms with Crippen molar-refractivity contribution in [2.45, 2.75) is 23.5 Å². The zero-order valence-electron chi connectivity index (χ0n) is 19.6. The molecule has 0 aromatic carbocycles. The first-order valence-electron chi connectivity index (χ1n) is 11.1. The lowest BCUT2D eigenvalue weighted by molar-refractivity contribution is -0.894. The SMILES string of the molecule is CO/N=C(\C(=O)N[C@@H]1C(=O)C2C(C(=O)[O-])=C(/C=C/C[N+]3(C)C[C@@H](O)[C@@H](O)C3)CS[C@@H]21)c1csc(N)n1. The molecule has 5 N–H and O–H groups in total. The molecule has 12 nitrogen and oxygen atoms in total. The van der Waals surface area contributed by atoms with E-state index < -0.39 is 47.1 Å². The number of oxime groups is 1. The normalized spacial score (nSPS) is 32.4. The van der Waals surface area contributed by atoms with Gasteiger partial charge in [0.15, 0.2) is 16.6 Å². The number of likely N-dealkylation sites (tertiary alicyclic amines) is 1. The molecule has 14 heteroatoms. The summed E-state index contributed by atoms with van der Waals surface area (Å²) < 4.78 is 0.412. The Morgan fingerprint density at radius 1 is 1.39 bits per heavy atom. The van der Waals surface area contributed by atoms with Gasteiger partial charge in [-0.15, -0.1) is 11.3 Å². The topological polar surface area (TPSA) is 187 Å². The highest BCUT2D eigenvalue weighted by Crippen LogP contribution is 2.45. The lowest BCUT2D eigenvalue weighted by Crippen LogP contribution is -2.66. The highest BCUT2D eigenvalue weighted by molar-refractivity contribution is 8.00. The molecule has 1 aliphatic carbocycles. The number of carbonyl (C=O) groups is 3. The fourth-order valence-corrected chi connectivity index (χ4v) is 6.85. The number of anilines is 1. The number of aliphatic hydroxyl groups is 2. The average molecular weight is 538 g/mol. The molecule has 2 unspecified atom stereocenters. The lowest BCUT2D eigenvalue weighted by atomic mass is 9.71. The number of nitrogen functional groups attached to an aromatic ring is 1. The van der Waals surface area contributed by atoms with Crippen LogP contribution in [0.15, 0.2) is 33.8 Å². The van der Waals surface area contributed by atoms with Crippen LogP contribution in [0.3, 0.4) is 0 Å². The minimum atomic E-state index is -1.42. The van der Waals surface area contributed by atoms with Gasteiger partial charge in [0, 0.05) is 16.4 Å². The monoisotopic (exact) mass is 537 g/mol. The van der Waals surface area contributed by atoms with Crippen molar-refractivity contribution in [3.8, 4) is 0 Å². The van der Waals surface area contributed by atoms with Gasteiger partial charge in [-0.25, -0.2) is 4.98 Å². The zero-order chi connectivity index (χ0) is 26.2. The number of thiazole rings is 1. The molecule has 3 heterocycles. The van der Waals surface area contributed by atoms with E-state index >= 15 is 0 Å². The maximum Gasteiger partial charge on any atom is 0.276 e. The standard InChI is InChI=1S/C22H27N5O7S2/c1-27(6-12(28)13(29)7-27)5-3-4-10-8-35-19-15(14(10)21(32)33)18(30)17(19)25-20(31)16(26-34-2)11-9-36-22(23)24-11/h3-4,9,12-13,15,17,19,28-29H,5-8H2,1-2H3,(H3-,23,24,25,31,32,33)/b4-3+,26-16-/t12-,13+,15?,17-,19+,27?/m1/s1. The Morgan fingerprint density at radius 3 is 2.67 bits per heavy atom. The predicted molar refractivity (Wildman–Crippen MR) is 131 cm³/mol. The van der Waals surface area contributed by atoms with Gasteiger partial charge in [-0.3, -0.25) is 9.59 Å². The smallest absolute Gasteiger partial charge is 0.276 e. The number of allylic oxidation sites excluding steroid dienone is 1. The summed E-state index contributed by atoms with van der Waals surface area (Å²) in [5, 5.41) is 39.3. The van der Waals surface area contributed by atoms with Crippen LogP contribution in [-0.2, 0) is 19.2 Å². The summed E-state index contributed by atoms with van der Waals surface area (Å²) in [6.07, 6.45) is 1.87. The molecule has 36 heavy (non-hydrogen) atoms. The van der Waals surface area contributed by atoms with Crippen molar-refractivity contribution in [2.24, 2.45) is 11.1 Å². The molecule has 1 aromatic rings. The quantitative estimate of drug-likeness (QED) is 0.159. The molecular weight excluding hydrogens is 510 g/mol. The number of nitrogens with one attached hydrogen (secondary N) is 1. The van der Waals surface area contributed by atoms with Crippen molar-refractivity contribution in [3.63, 3.8) is 0 Å². The number of thioether (sulfide) groups is 1. The van der Waals surface area contributed by atoms with E-state index in [1.165, 1.54) is 24.3 Å². The number of rotatable bonds is 8. The number of aliphatic carboxylic acids is 1. The lowest BCUT2D eigenvalue weighted by Gasteiger charge is -2.47. The molecule has 1 saturated heterocycles. The molecular formula is C22H27N5O7S2. The van der Waals surface area contributed by atoms with Gasteiger partial charge < -0.3 is 40.5 Å². The molecule has 0 spiro atoms. The molecule has 1 aromatic heterocycles. The van der Waals surface area contributed by atoms with E-state index in [4.69, 9.17) is 10.6 Å². The summed E-state index contributed by atoms with van der Waals surface area (Å²) >= 11 is 2.50. The number of Topliss-reactive ketones (excluding diaryl/α,β-unsaturated/α-hetero) is 1. The number of hydrogen-bond donors (Lipinski definition) is 4. The van der Waals surface area contributed by atoms with Crippen molar-refractivity contribution < 1.29 is 39.0 Å². The van der Waals surface area contributed by atoms with Crippen molar-refractivity contribution in [1.82, 2.24) is 10.3 Å². The second kappa shape index (κ2) is 10.3. The summed E-state index contributed by atoms with van der Waals surface area (Å²) in [6, 6.07) is -0.900. The van der Waals surface area contributed by atoms with E-state index in [9.17, 15) is 29.7 Å². The summed E-state index contributed by atoms with van der Waals surface area (Å²) in [5.74, 6) is -3.12. The van der Waals surface area contributed by atoms with Crippen LogP contribution in [0.5, 0.6) is 0 Å². The largest absolute Gasteiger partial charge is 0.545 e. The third-order valence-electron chi connectivity index (χ3n) is 6.59. The fraction of sp³-hybridized carbons (Fsp3) is 0.500. The summed E-state index contributed by atoms with van der Waals surface area (Å²) in [5.41, 5.74) is 6.09. The van der Waals surface area contributed by atoms with Crippen LogP contribution in [0.4, 0.5) is 5.13 Å². The van der Waals surface area contributed by atoms with Crippen LogP contribution < -0.4 is 16.2 Å². The van der Waals surface area contributed by atoms with E-state index in [2.05, 4.69) is 15.5 Å². The molecule has 3 aliphatic rings. The Hall–Kier alpha value is -2.78. The van der Waals surface area contributed by atoms with Crippen LogP contribution in [0.25, 0.3) is 0 Å². The number of nitrogens with zero attached hydrogens (tertiary/aromatic N) is 3. The fourth-order valence-electron chi connectivity index (χ4n) is 4.82. The van der Waals surface area contributed by atoms with E-state index in [-0.39, 0.29) is 22.1 Å². The number of carboxylic acids is 1. The van der Waals surface area contributed by atoms with Gasteiger partial charge in [-0.1, -0.05) is 11.2 Å². The van der Waals surface area contributed by atoms with E-state index in [1.807, 2.05) is 7.05 Å².